The fourth-order valence-electron chi connectivity index (χ4n) is 1.40. The van der Waals surface area contributed by atoms with Crippen molar-refractivity contribution in [2.75, 3.05) is 5.32 Å². The summed E-state index contributed by atoms with van der Waals surface area (Å²) in [6.45, 7) is 0.737. The summed E-state index contributed by atoms with van der Waals surface area (Å²) >= 11 is 12.9. The van der Waals surface area contributed by atoms with E-state index < -0.39 is 0 Å². The largest absolute Gasteiger partial charge is 0.379 e. The van der Waals surface area contributed by atoms with Gasteiger partial charge in [-0.25, -0.2) is 0 Å². The van der Waals surface area contributed by atoms with Crippen LogP contribution in [0, 0.1) is 0 Å². The van der Waals surface area contributed by atoms with Gasteiger partial charge in [-0.15, -0.1) is 0 Å². The summed E-state index contributed by atoms with van der Waals surface area (Å²) in [5.74, 6) is 0. The third-order valence-electron chi connectivity index (χ3n) is 2.23. The zero-order chi connectivity index (χ0) is 12.3. The highest BCUT2D eigenvalue weighted by atomic mass is 79.9. The molecule has 5 heteroatoms. The number of benzene rings is 1. The molecule has 2 nitrogen and oxygen atoms in total. The quantitative estimate of drug-likeness (QED) is 0.826. The van der Waals surface area contributed by atoms with Crippen LogP contribution in [0.5, 0.6) is 0 Å². The van der Waals surface area contributed by atoms with Crippen molar-refractivity contribution >= 4 is 49.1 Å². The number of hydrogen-bond acceptors (Lipinski definition) is 2. The van der Waals surface area contributed by atoms with Crippen molar-refractivity contribution in [2.45, 2.75) is 6.54 Å². The first-order valence-electron chi connectivity index (χ1n) is 4.94. The molecule has 2 aromatic rings. The summed E-state index contributed by atoms with van der Waals surface area (Å²) in [4.78, 5) is 3.98. The zero-order valence-corrected chi connectivity index (χ0v) is 12.7. The second-order valence-electron chi connectivity index (χ2n) is 3.45. The van der Waals surface area contributed by atoms with Gasteiger partial charge in [-0.3, -0.25) is 4.98 Å². The fraction of sp³-hybridized carbons (Fsp3) is 0.0833. The minimum atomic E-state index is 0.693. The molecule has 0 atom stereocenters. The average Bonchev–Trinajstić information content (AvgIpc) is 2.29. The molecule has 0 radical (unpaired) electrons. The molecule has 0 saturated carbocycles. The molecule has 1 N–H and O–H groups in total. The Morgan fingerprint density at radius 2 is 1.71 bits per heavy atom. The van der Waals surface area contributed by atoms with Gasteiger partial charge in [0.1, 0.15) is 0 Å². The molecule has 0 aliphatic heterocycles. The minimum absolute atomic E-state index is 0.693. The van der Waals surface area contributed by atoms with E-state index in [0.717, 1.165) is 21.2 Å². The number of hydrogen-bond donors (Lipinski definition) is 1. The molecule has 0 bridgehead atoms. The molecule has 17 heavy (non-hydrogen) atoms. The highest BCUT2D eigenvalue weighted by Gasteiger charge is 2.06. The van der Waals surface area contributed by atoms with E-state index in [0.29, 0.717) is 5.02 Å². The van der Waals surface area contributed by atoms with Gasteiger partial charge in [0.25, 0.3) is 0 Å². The van der Waals surface area contributed by atoms with Crippen LogP contribution in [0.1, 0.15) is 5.56 Å². The van der Waals surface area contributed by atoms with E-state index >= 15 is 0 Å². The Bertz CT molecular complexity index is 494. The molecule has 0 saturated heterocycles. The van der Waals surface area contributed by atoms with Crippen molar-refractivity contribution in [3.05, 3.63) is 56.2 Å². The Hall–Kier alpha value is -0.580. The van der Waals surface area contributed by atoms with Crippen molar-refractivity contribution in [3.63, 3.8) is 0 Å². The molecule has 1 aromatic carbocycles. The Balaban J connectivity index is 2.15. The van der Waals surface area contributed by atoms with E-state index in [2.05, 4.69) is 42.2 Å². The first kappa shape index (κ1) is 12.9. The van der Waals surface area contributed by atoms with E-state index in [1.807, 2.05) is 24.3 Å². The van der Waals surface area contributed by atoms with Crippen LogP contribution in [-0.2, 0) is 6.54 Å². The molecule has 0 unspecified atom stereocenters. The molecule has 2 rings (SSSR count). The summed E-state index contributed by atoms with van der Waals surface area (Å²) in [6, 6.07) is 7.68. The van der Waals surface area contributed by atoms with Gasteiger partial charge in [0.05, 0.1) is 5.69 Å². The summed E-state index contributed by atoms with van der Waals surface area (Å²) in [7, 11) is 0. The lowest BCUT2D eigenvalue weighted by Crippen LogP contribution is -2.00. The van der Waals surface area contributed by atoms with Crippen LogP contribution in [0.3, 0.4) is 0 Å². The van der Waals surface area contributed by atoms with Crippen LogP contribution < -0.4 is 5.32 Å². The van der Waals surface area contributed by atoms with Gasteiger partial charge in [-0.2, -0.15) is 0 Å². The second-order valence-corrected chi connectivity index (χ2v) is 5.60. The third-order valence-corrected chi connectivity index (χ3v) is 3.69. The Morgan fingerprint density at radius 1 is 1.12 bits per heavy atom. The number of pyridine rings is 1. The molecule has 0 aliphatic carbocycles. The number of rotatable bonds is 3. The van der Waals surface area contributed by atoms with Crippen LogP contribution in [0.4, 0.5) is 5.69 Å². The van der Waals surface area contributed by atoms with Gasteiger partial charge >= 0.3 is 0 Å². The molecule has 0 aliphatic rings. The Morgan fingerprint density at radius 3 is 2.29 bits per heavy atom. The van der Waals surface area contributed by atoms with Gasteiger partial charge in [0.15, 0.2) is 0 Å². The number of nitrogens with zero attached hydrogens (tertiary/aromatic N) is 1. The minimum Gasteiger partial charge on any atom is -0.379 e. The lowest BCUT2D eigenvalue weighted by Gasteiger charge is -2.11. The standard InChI is InChI=1S/C12H9Br2ClN2/c13-10-5-9(15)6-11(14)12(10)17-7-8-1-3-16-4-2-8/h1-6,17H,7H2. The molecule has 88 valence electrons. The van der Waals surface area contributed by atoms with E-state index in [1.54, 1.807) is 12.4 Å². The molecule has 1 aromatic heterocycles. The van der Waals surface area contributed by atoms with Crippen LogP contribution in [0.25, 0.3) is 0 Å². The van der Waals surface area contributed by atoms with E-state index in [4.69, 9.17) is 11.6 Å². The third kappa shape index (κ3) is 3.44. The maximum atomic E-state index is 5.94. The predicted molar refractivity (Wildman–Crippen MR) is 78.4 cm³/mol. The van der Waals surface area contributed by atoms with Gasteiger partial charge in [0, 0.05) is 32.9 Å². The second kappa shape index (κ2) is 5.85. The summed E-state index contributed by atoms with van der Waals surface area (Å²) in [5.41, 5.74) is 2.17. The zero-order valence-electron chi connectivity index (χ0n) is 8.75. The van der Waals surface area contributed by atoms with Crippen LogP contribution in [0.2, 0.25) is 5.02 Å². The molecule has 0 amide bonds. The monoisotopic (exact) mass is 374 g/mol. The van der Waals surface area contributed by atoms with Crippen molar-refractivity contribution in [3.8, 4) is 0 Å². The normalized spacial score (nSPS) is 10.3. The average molecular weight is 376 g/mol. The molecule has 0 spiro atoms. The van der Waals surface area contributed by atoms with Gasteiger partial charge < -0.3 is 5.32 Å². The fourth-order valence-corrected chi connectivity index (χ4v) is 3.35. The first-order chi connectivity index (χ1) is 8.16. The van der Waals surface area contributed by atoms with Crippen molar-refractivity contribution in [1.82, 2.24) is 4.98 Å². The molecular formula is C12H9Br2ClN2. The van der Waals surface area contributed by atoms with E-state index in [1.165, 1.54) is 5.56 Å². The van der Waals surface area contributed by atoms with Gasteiger partial charge in [-0.1, -0.05) is 11.6 Å². The lowest BCUT2D eigenvalue weighted by molar-refractivity contribution is 1.12. The maximum absolute atomic E-state index is 5.94. The number of halogens is 3. The maximum Gasteiger partial charge on any atom is 0.0632 e. The topological polar surface area (TPSA) is 24.9 Å². The van der Waals surface area contributed by atoms with Gasteiger partial charge in [0.2, 0.25) is 0 Å². The van der Waals surface area contributed by atoms with E-state index in [-0.39, 0.29) is 0 Å². The number of anilines is 1. The highest BCUT2D eigenvalue weighted by molar-refractivity contribution is 9.11. The van der Waals surface area contributed by atoms with Gasteiger partial charge in [-0.05, 0) is 61.7 Å². The summed E-state index contributed by atoms with van der Waals surface area (Å²) in [5, 5.41) is 4.04. The SMILES string of the molecule is Clc1cc(Br)c(NCc2ccncc2)c(Br)c1. The van der Waals surface area contributed by atoms with Crippen LogP contribution >= 0.6 is 43.5 Å². The molecule has 0 fully saturated rings. The van der Waals surface area contributed by atoms with Crippen LogP contribution in [0.15, 0.2) is 45.6 Å². The summed E-state index contributed by atoms with van der Waals surface area (Å²) < 4.78 is 1.87. The molecular weight excluding hydrogens is 367 g/mol. The number of aromatic nitrogens is 1. The van der Waals surface area contributed by atoms with E-state index in [9.17, 15) is 0 Å². The van der Waals surface area contributed by atoms with Crippen molar-refractivity contribution in [2.24, 2.45) is 0 Å². The lowest BCUT2D eigenvalue weighted by atomic mass is 10.2. The highest BCUT2D eigenvalue weighted by Crippen LogP contribution is 2.34. The van der Waals surface area contributed by atoms with Crippen LogP contribution in [-0.4, -0.2) is 4.98 Å². The smallest absolute Gasteiger partial charge is 0.0632 e. The Labute approximate surface area is 122 Å². The first-order valence-corrected chi connectivity index (χ1v) is 6.90. The van der Waals surface area contributed by atoms with Crippen molar-refractivity contribution < 1.29 is 0 Å². The summed E-state index contributed by atoms with van der Waals surface area (Å²) in [6.07, 6.45) is 3.56. The molecule has 1 heterocycles. The predicted octanol–water partition coefficient (Wildman–Crippen LogP) is 4.87. The number of nitrogens with one attached hydrogen (secondary N) is 1. The Kier molecular flexibility index (Phi) is 4.42. The van der Waals surface area contributed by atoms with Crippen molar-refractivity contribution in [1.29, 1.82) is 0 Å².